The summed E-state index contributed by atoms with van der Waals surface area (Å²) in [7, 11) is 0. The van der Waals surface area contributed by atoms with Crippen LogP contribution in [0.1, 0.15) is 37.7 Å². The van der Waals surface area contributed by atoms with Gasteiger partial charge in [-0.25, -0.2) is 4.98 Å². The highest BCUT2D eigenvalue weighted by Crippen LogP contribution is 2.43. The predicted molar refractivity (Wildman–Crippen MR) is 117 cm³/mol. The van der Waals surface area contributed by atoms with Crippen molar-refractivity contribution in [2.45, 2.75) is 37.5 Å². The van der Waals surface area contributed by atoms with Crippen LogP contribution in [0.3, 0.4) is 0 Å². The molecule has 1 aliphatic heterocycles. The van der Waals surface area contributed by atoms with Crippen LogP contribution in [0, 0.1) is 0 Å². The van der Waals surface area contributed by atoms with E-state index in [1.54, 1.807) is 6.20 Å². The van der Waals surface area contributed by atoms with Gasteiger partial charge in [-0.2, -0.15) is 0 Å². The van der Waals surface area contributed by atoms with Gasteiger partial charge in [0.25, 0.3) is 0 Å². The topological polar surface area (TPSA) is 81.8 Å². The van der Waals surface area contributed by atoms with E-state index in [4.69, 9.17) is 15.2 Å². The van der Waals surface area contributed by atoms with Gasteiger partial charge in [-0.3, -0.25) is 4.99 Å². The molecule has 144 valence electrons. The number of fused-ring (bicyclic) bond motifs is 1. The SMILES string of the molecule is I.NC(=NCC1(c2ccc3c(c2)OCO3)CCCCC1)Nc1ccccn1. The van der Waals surface area contributed by atoms with Crippen molar-refractivity contribution in [1.29, 1.82) is 0 Å². The van der Waals surface area contributed by atoms with Crippen molar-refractivity contribution in [2.75, 3.05) is 18.7 Å². The Morgan fingerprint density at radius 1 is 1.11 bits per heavy atom. The van der Waals surface area contributed by atoms with E-state index in [0.29, 0.717) is 25.1 Å². The number of ether oxygens (including phenoxy) is 2. The van der Waals surface area contributed by atoms with Crippen LogP contribution in [0.25, 0.3) is 0 Å². The Balaban J connectivity index is 0.00000210. The molecule has 0 saturated heterocycles. The first-order valence-electron chi connectivity index (χ1n) is 9.13. The van der Waals surface area contributed by atoms with E-state index in [-0.39, 0.29) is 29.4 Å². The number of hydrogen-bond acceptors (Lipinski definition) is 4. The Morgan fingerprint density at radius 3 is 2.70 bits per heavy atom. The summed E-state index contributed by atoms with van der Waals surface area (Å²) in [6, 6.07) is 11.9. The zero-order valence-electron chi connectivity index (χ0n) is 15.2. The number of aromatic nitrogens is 1. The van der Waals surface area contributed by atoms with Gasteiger partial charge in [0.1, 0.15) is 5.82 Å². The molecule has 7 heteroatoms. The number of rotatable bonds is 4. The van der Waals surface area contributed by atoms with Crippen LogP contribution in [0.5, 0.6) is 11.5 Å². The number of hydrogen-bond donors (Lipinski definition) is 2. The Labute approximate surface area is 176 Å². The molecule has 6 nitrogen and oxygen atoms in total. The van der Waals surface area contributed by atoms with Crippen molar-refractivity contribution >= 4 is 35.8 Å². The molecule has 2 heterocycles. The van der Waals surface area contributed by atoms with Crippen molar-refractivity contribution in [1.82, 2.24) is 4.98 Å². The van der Waals surface area contributed by atoms with Crippen molar-refractivity contribution in [3.8, 4) is 11.5 Å². The number of nitrogens with zero attached hydrogens (tertiary/aromatic N) is 2. The third kappa shape index (κ3) is 4.45. The standard InChI is InChI=1S/C20H24N4O2.HI/c21-19(24-18-6-2-5-11-22-18)23-13-20(9-3-1-4-10-20)15-7-8-16-17(12-15)26-14-25-16;/h2,5-8,11-12H,1,3-4,9-10,13-14H2,(H3,21,22,23,24);1H. The quantitative estimate of drug-likeness (QED) is 0.392. The number of halogens is 1. The molecule has 3 N–H and O–H groups in total. The van der Waals surface area contributed by atoms with E-state index >= 15 is 0 Å². The first kappa shape index (κ1) is 19.7. The van der Waals surface area contributed by atoms with E-state index in [9.17, 15) is 0 Å². The fourth-order valence-electron chi connectivity index (χ4n) is 3.84. The van der Waals surface area contributed by atoms with Crippen LogP contribution in [0.2, 0.25) is 0 Å². The summed E-state index contributed by atoms with van der Waals surface area (Å²) >= 11 is 0. The Hall–Kier alpha value is -2.03. The van der Waals surface area contributed by atoms with E-state index in [2.05, 4.69) is 27.4 Å². The number of aliphatic imine (C=N–C) groups is 1. The monoisotopic (exact) mass is 480 g/mol. The molecule has 2 aromatic rings. The Bertz CT molecular complexity index is 792. The van der Waals surface area contributed by atoms with Crippen LogP contribution in [0.4, 0.5) is 5.82 Å². The lowest BCUT2D eigenvalue weighted by Crippen LogP contribution is -2.34. The molecule has 0 unspecified atom stereocenters. The minimum atomic E-state index is -0.00432. The molecule has 4 rings (SSSR count). The number of nitrogens with two attached hydrogens (primary N) is 1. The average molecular weight is 480 g/mol. The maximum atomic E-state index is 6.10. The molecule has 1 aromatic heterocycles. The van der Waals surface area contributed by atoms with Crippen LogP contribution in [-0.4, -0.2) is 24.3 Å². The number of guanidine groups is 1. The van der Waals surface area contributed by atoms with E-state index < -0.39 is 0 Å². The van der Waals surface area contributed by atoms with E-state index in [1.807, 2.05) is 24.3 Å². The fraction of sp³-hybridized carbons (Fsp3) is 0.400. The second kappa shape index (κ2) is 8.77. The number of pyridine rings is 1. The van der Waals surface area contributed by atoms with Gasteiger partial charge in [0, 0.05) is 11.6 Å². The molecule has 27 heavy (non-hydrogen) atoms. The van der Waals surface area contributed by atoms with Gasteiger partial charge in [-0.15, -0.1) is 24.0 Å². The van der Waals surface area contributed by atoms with Crippen LogP contribution < -0.4 is 20.5 Å². The molecule has 0 radical (unpaired) electrons. The molecular weight excluding hydrogens is 455 g/mol. The minimum absolute atomic E-state index is 0. The highest BCUT2D eigenvalue weighted by molar-refractivity contribution is 14.0. The Kier molecular flexibility index (Phi) is 6.41. The summed E-state index contributed by atoms with van der Waals surface area (Å²) < 4.78 is 11.0. The lowest BCUT2D eigenvalue weighted by molar-refractivity contribution is 0.174. The lowest BCUT2D eigenvalue weighted by atomic mass is 9.69. The second-order valence-corrected chi connectivity index (χ2v) is 6.95. The number of benzene rings is 1. The normalized spacial score (nSPS) is 17.9. The molecule has 0 atom stereocenters. The van der Waals surface area contributed by atoms with Gasteiger partial charge in [0.2, 0.25) is 6.79 Å². The summed E-state index contributed by atoms with van der Waals surface area (Å²) in [6.45, 7) is 0.948. The maximum absolute atomic E-state index is 6.10. The fourth-order valence-corrected chi connectivity index (χ4v) is 3.84. The smallest absolute Gasteiger partial charge is 0.231 e. The third-order valence-corrected chi connectivity index (χ3v) is 5.27. The van der Waals surface area contributed by atoms with Crippen molar-refractivity contribution in [3.63, 3.8) is 0 Å². The van der Waals surface area contributed by atoms with Gasteiger partial charge < -0.3 is 20.5 Å². The first-order valence-corrected chi connectivity index (χ1v) is 9.13. The third-order valence-electron chi connectivity index (χ3n) is 5.27. The summed E-state index contributed by atoms with van der Waals surface area (Å²) in [5.41, 5.74) is 7.36. The molecule has 1 saturated carbocycles. The molecule has 0 spiro atoms. The molecule has 1 aliphatic carbocycles. The molecular formula is C20H25IN4O2. The van der Waals surface area contributed by atoms with Crippen molar-refractivity contribution in [3.05, 3.63) is 48.2 Å². The summed E-state index contributed by atoms with van der Waals surface area (Å²) in [5, 5.41) is 3.06. The van der Waals surface area contributed by atoms with Gasteiger partial charge >= 0.3 is 0 Å². The Morgan fingerprint density at radius 2 is 1.93 bits per heavy atom. The van der Waals surface area contributed by atoms with Crippen molar-refractivity contribution < 1.29 is 9.47 Å². The second-order valence-electron chi connectivity index (χ2n) is 6.95. The maximum Gasteiger partial charge on any atom is 0.231 e. The van der Waals surface area contributed by atoms with E-state index in [1.165, 1.54) is 24.8 Å². The summed E-state index contributed by atoms with van der Waals surface area (Å²) in [6.07, 6.45) is 7.62. The highest BCUT2D eigenvalue weighted by atomic mass is 127. The summed E-state index contributed by atoms with van der Waals surface area (Å²) in [4.78, 5) is 8.88. The number of anilines is 1. The molecule has 2 aliphatic rings. The molecule has 1 aromatic carbocycles. The predicted octanol–water partition coefficient (Wildman–Crippen LogP) is 4.06. The average Bonchev–Trinajstić information content (AvgIpc) is 3.16. The zero-order valence-corrected chi connectivity index (χ0v) is 17.5. The van der Waals surface area contributed by atoms with Gasteiger partial charge in [-0.05, 0) is 42.7 Å². The van der Waals surface area contributed by atoms with Crippen LogP contribution >= 0.6 is 24.0 Å². The van der Waals surface area contributed by atoms with Gasteiger partial charge in [0.15, 0.2) is 17.5 Å². The summed E-state index contributed by atoms with van der Waals surface area (Å²) in [5.74, 6) is 2.75. The number of nitrogens with one attached hydrogen (secondary N) is 1. The molecule has 0 amide bonds. The van der Waals surface area contributed by atoms with Gasteiger partial charge in [0.05, 0.1) is 6.54 Å². The highest BCUT2D eigenvalue weighted by Gasteiger charge is 2.35. The van der Waals surface area contributed by atoms with Crippen LogP contribution in [0.15, 0.2) is 47.6 Å². The molecule has 0 bridgehead atoms. The minimum Gasteiger partial charge on any atom is -0.454 e. The van der Waals surface area contributed by atoms with Crippen LogP contribution in [-0.2, 0) is 5.41 Å². The zero-order chi connectivity index (χ0) is 17.8. The van der Waals surface area contributed by atoms with E-state index in [0.717, 1.165) is 24.3 Å². The largest absolute Gasteiger partial charge is 0.454 e. The van der Waals surface area contributed by atoms with Gasteiger partial charge in [-0.1, -0.05) is 31.4 Å². The first-order chi connectivity index (χ1) is 12.8. The molecule has 1 fully saturated rings. The van der Waals surface area contributed by atoms with Crippen molar-refractivity contribution in [2.24, 2.45) is 10.7 Å². The lowest BCUT2D eigenvalue weighted by Gasteiger charge is -2.36.